The van der Waals surface area contributed by atoms with Crippen molar-refractivity contribution in [2.75, 3.05) is 0 Å². The van der Waals surface area contributed by atoms with E-state index in [0.29, 0.717) is 12.8 Å². The Hall–Kier alpha value is -1.75. The van der Waals surface area contributed by atoms with E-state index in [4.69, 9.17) is 0 Å². The Morgan fingerprint density at radius 2 is 2.35 bits per heavy atom. The van der Waals surface area contributed by atoms with Crippen LogP contribution >= 0.6 is 11.3 Å². The van der Waals surface area contributed by atoms with Crippen LogP contribution in [0, 0.1) is 0 Å². The highest BCUT2D eigenvalue weighted by Crippen LogP contribution is 2.21. The highest BCUT2D eigenvalue weighted by molar-refractivity contribution is 7.09. The standard InChI is InChI=1S/C15H19N3OS/c1-3-11(2)17-14(19)6-7-15-18-13(10-20-15)12-5-4-8-16-9-12/h4-5,8-11H,3,6-7H2,1-2H3,(H,17,19). The molecule has 0 saturated carbocycles. The second-order valence-corrected chi connectivity index (χ2v) is 5.69. The second kappa shape index (κ2) is 7.14. The summed E-state index contributed by atoms with van der Waals surface area (Å²) < 4.78 is 0. The molecule has 4 nitrogen and oxygen atoms in total. The topological polar surface area (TPSA) is 54.9 Å². The molecule has 0 aliphatic carbocycles. The first kappa shape index (κ1) is 14.7. The van der Waals surface area contributed by atoms with Gasteiger partial charge in [-0.05, 0) is 25.5 Å². The Kier molecular flexibility index (Phi) is 5.24. The van der Waals surface area contributed by atoms with Crippen LogP contribution in [-0.2, 0) is 11.2 Å². The quantitative estimate of drug-likeness (QED) is 0.889. The van der Waals surface area contributed by atoms with Crippen molar-refractivity contribution in [2.45, 2.75) is 39.2 Å². The van der Waals surface area contributed by atoms with Gasteiger partial charge in [0.2, 0.25) is 5.91 Å². The summed E-state index contributed by atoms with van der Waals surface area (Å²) in [5.41, 5.74) is 1.94. The third-order valence-corrected chi connectivity index (χ3v) is 4.00. The maximum absolute atomic E-state index is 11.7. The molecule has 1 atom stereocenters. The van der Waals surface area contributed by atoms with E-state index in [9.17, 15) is 4.79 Å². The van der Waals surface area contributed by atoms with Crippen LogP contribution < -0.4 is 5.32 Å². The summed E-state index contributed by atoms with van der Waals surface area (Å²) >= 11 is 1.59. The van der Waals surface area contributed by atoms with Gasteiger partial charge in [0.25, 0.3) is 0 Å². The highest BCUT2D eigenvalue weighted by atomic mass is 32.1. The summed E-state index contributed by atoms with van der Waals surface area (Å²) in [6.07, 6.45) is 5.68. The number of amides is 1. The van der Waals surface area contributed by atoms with Gasteiger partial charge in [-0.1, -0.05) is 6.92 Å². The van der Waals surface area contributed by atoms with Gasteiger partial charge in [-0.15, -0.1) is 11.3 Å². The lowest BCUT2D eigenvalue weighted by Gasteiger charge is -2.10. The molecule has 2 heterocycles. The van der Waals surface area contributed by atoms with Crippen LogP contribution in [0.2, 0.25) is 0 Å². The van der Waals surface area contributed by atoms with Gasteiger partial charge in [0.15, 0.2) is 0 Å². The average molecular weight is 289 g/mol. The number of pyridine rings is 1. The summed E-state index contributed by atoms with van der Waals surface area (Å²) in [5, 5.41) is 5.97. The molecule has 1 N–H and O–H groups in total. The van der Waals surface area contributed by atoms with E-state index in [1.54, 1.807) is 23.7 Å². The van der Waals surface area contributed by atoms with Crippen LogP contribution in [0.15, 0.2) is 29.9 Å². The maximum atomic E-state index is 11.7. The van der Waals surface area contributed by atoms with Gasteiger partial charge < -0.3 is 5.32 Å². The maximum Gasteiger partial charge on any atom is 0.220 e. The van der Waals surface area contributed by atoms with E-state index in [1.165, 1.54) is 0 Å². The fourth-order valence-electron chi connectivity index (χ4n) is 1.74. The highest BCUT2D eigenvalue weighted by Gasteiger charge is 2.09. The minimum absolute atomic E-state index is 0.0949. The molecular weight excluding hydrogens is 270 g/mol. The van der Waals surface area contributed by atoms with E-state index in [1.807, 2.05) is 24.4 Å². The van der Waals surface area contributed by atoms with E-state index < -0.39 is 0 Å². The first-order valence-electron chi connectivity index (χ1n) is 6.83. The van der Waals surface area contributed by atoms with Crippen molar-refractivity contribution in [3.8, 4) is 11.3 Å². The number of nitrogens with one attached hydrogen (secondary N) is 1. The third kappa shape index (κ3) is 4.13. The Morgan fingerprint density at radius 3 is 3.05 bits per heavy atom. The van der Waals surface area contributed by atoms with Gasteiger partial charge >= 0.3 is 0 Å². The lowest BCUT2D eigenvalue weighted by Crippen LogP contribution is -2.31. The van der Waals surface area contributed by atoms with Crippen molar-refractivity contribution < 1.29 is 4.79 Å². The zero-order valence-corrected chi connectivity index (χ0v) is 12.6. The summed E-state index contributed by atoms with van der Waals surface area (Å²) in [6.45, 7) is 4.08. The molecule has 0 fully saturated rings. The minimum atomic E-state index is 0.0949. The number of carbonyl (C=O) groups excluding carboxylic acids is 1. The third-order valence-electron chi connectivity index (χ3n) is 3.09. The SMILES string of the molecule is CCC(C)NC(=O)CCc1nc(-c2cccnc2)cs1. The molecular formula is C15H19N3OS. The molecule has 5 heteroatoms. The molecule has 0 aromatic carbocycles. The van der Waals surface area contributed by atoms with Gasteiger partial charge in [0.05, 0.1) is 10.7 Å². The molecule has 0 aliphatic rings. The molecule has 0 spiro atoms. The molecule has 0 aliphatic heterocycles. The van der Waals surface area contributed by atoms with Crippen LogP contribution in [0.5, 0.6) is 0 Å². The van der Waals surface area contributed by atoms with Gasteiger partial charge in [0, 0.05) is 42.2 Å². The second-order valence-electron chi connectivity index (χ2n) is 4.74. The van der Waals surface area contributed by atoms with Gasteiger partial charge in [-0.2, -0.15) is 0 Å². The smallest absolute Gasteiger partial charge is 0.220 e. The van der Waals surface area contributed by atoms with Crippen LogP contribution in [0.1, 0.15) is 31.7 Å². The zero-order valence-electron chi connectivity index (χ0n) is 11.8. The monoisotopic (exact) mass is 289 g/mol. The Morgan fingerprint density at radius 1 is 1.50 bits per heavy atom. The number of rotatable bonds is 6. The minimum Gasteiger partial charge on any atom is -0.354 e. The number of aryl methyl sites for hydroxylation is 1. The number of nitrogens with zero attached hydrogens (tertiary/aromatic N) is 2. The van der Waals surface area contributed by atoms with Crippen molar-refractivity contribution >= 4 is 17.2 Å². The van der Waals surface area contributed by atoms with Crippen molar-refractivity contribution in [3.05, 3.63) is 34.9 Å². The number of hydrogen-bond donors (Lipinski definition) is 1. The molecule has 0 bridgehead atoms. The molecule has 2 aromatic heterocycles. The average Bonchev–Trinajstić information content (AvgIpc) is 2.95. The number of thiazole rings is 1. The fraction of sp³-hybridized carbons (Fsp3) is 0.400. The number of hydrogen-bond acceptors (Lipinski definition) is 4. The molecule has 1 amide bonds. The predicted octanol–water partition coefficient (Wildman–Crippen LogP) is 3.05. The van der Waals surface area contributed by atoms with Crippen molar-refractivity contribution in [2.24, 2.45) is 0 Å². The number of aromatic nitrogens is 2. The lowest BCUT2D eigenvalue weighted by molar-refractivity contribution is -0.121. The molecule has 0 saturated heterocycles. The Balaban J connectivity index is 1.89. The first-order valence-corrected chi connectivity index (χ1v) is 7.71. The fourth-order valence-corrected chi connectivity index (χ4v) is 2.55. The summed E-state index contributed by atoms with van der Waals surface area (Å²) in [6, 6.07) is 4.12. The summed E-state index contributed by atoms with van der Waals surface area (Å²) in [4.78, 5) is 20.4. The van der Waals surface area contributed by atoms with Crippen LogP contribution in [-0.4, -0.2) is 21.9 Å². The zero-order chi connectivity index (χ0) is 14.4. The molecule has 106 valence electrons. The van der Waals surface area contributed by atoms with Gasteiger partial charge in [-0.3, -0.25) is 9.78 Å². The predicted molar refractivity (Wildman–Crippen MR) is 81.6 cm³/mol. The van der Waals surface area contributed by atoms with Crippen LogP contribution in [0.4, 0.5) is 0 Å². The van der Waals surface area contributed by atoms with Crippen LogP contribution in [0.25, 0.3) is 11.3 Å². The van der Waals surface area contributed by atoms with E-state index in [-0.39, 0.29) is 11.9 Å². The van der Waals surface area contributed by atoms with Gasteiger partial charge in [0.1, 0.15) is 0 Å². The van der Waals surface area contributed by atoms with E-state index in [0.717, 1.165) is 22.7 Å². The Bertz CT molecular complexity index is 553. The number of carbonyl (C=O) groups is 1. The molecule has 20 heavy (non-hydrogen) atoms. The van der Waals surface area contributed by atoms with Crippen molar-refractivity contribution in [1.82, 2.24) is 15.3 Å². The molecule has 2 aromatic rings. The van der Waals surface area contributed by atoms with Crippen molar-refractivity contribution in [1.29, 1.82) is 0 Å². The van der Waals surface area contributed by atoms with E-state index in [2.05, 4.69) is 22.2 Å². The first-order chi connectivity index (χ1) is 9.69. The van der Waals surface area contributed by atoms with Crippen molar-refractivity contribution in [3.63, 3.8) is 0 Å². The largest absolute Gasteiger partial charge is 0.354 e. The Labute approximate surface area is 123 Å². The van der Waals surface area contributed by atoms with E-state index >= 15 is 0 Å². The summed E-state index contributed by atoms with van der Waals surface area (Å²) in [5.74, 6) is 0.0949. The van der Waals surface area contributed by atoms with Crippen LogP contribution in [0.3, 0.4) is 0 Å². The molecule has 2 rings (SSSR count). The molecule has 0 radical (unpaired) electrons. The normalized spacial score (nSPS) is 12.1. The van der Waals surface area contributed by atoms with Gasteiger partial charge in [-0.25, -0.2) is 4.98 Å². The summed E-state index contributed by atoms with van der Waals surface area (Å²) in [7, 11) is 0. The molecule has 1 unspecified atom stereocenters. The lowest BCUT2D eigenvalue weighted by atomic mass is 10.2.